The van der Waals surface area contributed by atoms with E-state index in [1.54, 1.807) is 7.11 Å². The van der Waals surface area contributed by atoms with Gasteiger partial charge in [-0.25, -0.2) is 4.98 Å². The van der Waals surface area contributed by atoms with Crippen molar-refractivity contribution in [2.75, 3.05) is 7.11 Å². The van der Waals surface area contributed by atoms with E-state index >= 15 is 0 Å². The number of halogens is 1. The zero-order valence-corrected chi connectivity index (χ0v) is 21.6. The summed E-state index contributed by atoms with van der Waals surface area (Å²) in [5.41, 5.74) is 6.62. The number of hydrogen-bond acceptors (Lipinski definition) is 3. The number of carbonyl (C=O) groups excluding carboxylic acids is 1. The molecule has 0 aliphatic rings. The molecule has 0 aliphatic carbocycles. The Balaban J connectivity index is 1.49. The first-order chi connectivity index (χ1) is 18.0. The molecule has 5 nitrogen and oxygen atoms in total. The van der Waals surface area contributed by atoms with Crippen LogP contribution in [-0.2, 0) is 11.2 Å². The fourth-order valence-electron chi connectivity index (χ4n) is 4.54. The van der Waals surface area contributed by atoms with E-state index < -0.39 is 0 Å². The smallest absolute Gasteiger partial charge is 0.220 e. The molecule has 1 N–H and O–H groups in total. The summed E-state index contributed by atoms with van der Waals surface area (Å²) in [6, 6.07) is 29.6. The van der Waals surface area contributed by atoms with Crippen LogP contribution in [0, 0.1) is 0 Å². The van der Waals surface area contributed by atoms with Crippen LogP contribution < -0.4 is 10.1 Å². The molecule has 0 bridgehead atoms. The van der Waals surface area contributed by atoms with E-state index in [1.807, 2.05) is 97.9 Å². The van der Waals surface area contributed by atoms with Gasteiger partial charge >= 0.3 is 0 Å². The number of rotatable bonds is 8. The van der Waals surface area contributed by atoms with E-state index in [1.165, 1.54) is 0 Å². The fraction of sp³-hybridized carbons (Fsp3) is 0.161. The van der Waals surface area contributed by atoms with Gasteiger partial charge in [0, 0.05) is 28.8 Å². The maximum absolute atomic E-state index is 12.9. The highest BCUT2D eigenvalue weighted by molar-refractivity contribution is 6.33. The number of hydrogen-bond donors (Lipinski definition) is 1. The second-order valence-electron chi connectivity index (χ2n) is 8.96. The molecular weight excluding hydrogens is 482 g/mol. The molecule has 0 spiro atoms. The Morgan fingerprint density at radius 3 is 2.38 bits per heavy atom. The summed E-state index contributed by atoms with van der Waals surface area (Å²) in [6.07, 6.45) is 2.92. The number of nitrogens with one attached hydrogen (secondary N) is 1. The van der Waals surface area contributed by atoms with Crippen molar-refractivity contribution in [3.63, 3.8) is 0 Å². The molecule has 0 fully saturated rings. The van der Waals surface area contributed by atoms with Gasteiger partial charge in [-0.1, -0.05) is 60.1 Å². The van der Waals surface area contributed by atoms with Crippen LogP contribution in [0.5, 0.6) is 5.75 Å². The number of amides is 1. The minimum Gasteiger partial charge on any atom is -0.497 e. The molecule has 0 unspecified atom stereocenters. The third-order valence-corrected chi connectivity index (χ3v) is 6.86. The molecule has 37 heavy (non-hydrogen) atoms. The van der Waals surface area contributed by atoms with Gasteiger partial charge in [-0.15, -0.1) is 0 Å². The second-order valence-corrected chi connectivity index (χ2v) is 9.37. The van der Waals surface area contributed by atoms with Gasteiger partial charge in [-0.2, -0.15) is 0 Å². The summed E-state index contributed by atoms with van der Waals surface area (Å²) >= 11 is 6.49. The SMILES string of the molecule is COc1ccc(-c2nc3ccc(-c4ccccc4Cl)cn3c2CCC(=O)N[C@@H](C)c2ccccc2)cc1. The lowest BCUT2D eigenvalue weighted by atomic mass is 10.1. The number of aromatic nitrogens is 2. The zero-order chi connectivity index (χ0) is 25.8. The lowest BCUT2D eigenvalue weighted by molar-refractivity contribution is -0.121. The summed E-state index contributed by atoms with van der Waals surface area (Å²) in [6.45, 7) is 2.00. The summed E-state index contributed by atoms with van der Waals surface area (Å²) in [5.74, 6) is 0.776. The highest BCUT2D eigenvalue weighted by Crippen LogP contribution is 2.31. The van der Waals surface area contributed by atoms with Crippen molar-refractivity contribution in [2.24, 2.45) is 0 Å². The number of pyridine rings is 1. The third kappa shape index (κ3) is 5.37. The molecule has 1 atom stereocenters. The quantitative estimate of drug-likeness (QED) is 0.242. The standard InChI is InChI=1S/C31H28ClN3O2/c1-21(22-8-4-3-5-9-22)33-30(36)19-17-28-31(23-12-15-25(37-2)16-13-23)34-29-18-14-24(20-35(28)29)26-10-6-7-11-27(26)32/h3-16,18,20-21H,17,19H2,1-2H3,(H,33,36)/t21-/m0/s1. The van der Waals surface area contributed by atoms with E-state index in [0.717, 1.165) is 45.0 Å². The Hall–Kier alpha value is -4.09. The van der Waals surface area contributed by atoms with Crippen molar-refractivity contribution in [1.82, 2.24) is 14.7 Å². The largest absolute Gasteiger partial charge is 0.497 e. The van der Waals surface area contributed by atoms with Gasteiger partial charge in [0.25, 0.3) is 0 Å². The van der Waals surface area contributed by atoms with Crippen LogP contribution in [-0.4, -0.2) is 22.4 Å². The van der Waals surface area contributed by atoms with E-state index in [2.05, 4.69) is 15.9 Å². The number of nitrogens with zero attached hydrogens (tertiary/aromatic N) is 2. The Kier molecular flexibility index (Phi) is 7.24. The zero-order valence-electron chi connectivity index (χ0n) is 20.8. The number of methoxy groups -OCH3 is 1. The summed E-state index contributed by atoms with van der Waals surface area (Å²) in [5, 5.41) is 3.81. The van der Waals surface area contributed by atoms with Crippen LogP contribution in [0.2, 0.25) is 5.02 Å². The number of ether oxygens (including phenoxy) is 1. The van der Waals surface area contributed by atoms with Crippen LogP contribution in [0.3, 0.4) is 0 Å². The minimum atomic E-state index is -0.0660. The molecule has 0 radical (unpaired) electrons. The van der Waals surface area contributed by atoms with Gasteiger partial charge in [-0.3, -0.25) is 4.79 Å². The monoisotopic (exact) mass is 509 g/mol. The summed E-state index contributed by atoms with van der Waals surface area (Å²) < 4.78 is 7.41. The van der Waals surface area contributed by atoms with Gasteiger partial charge < -0.3 is 14.5 Å². The van der Waals surface area contributed by atoms with Crippen molar-refractivity contribution in [1.29, 1.82) is 0 Å². The number of benzene rings is 3. The number of imidazole rings is 1. The van der Waals surface area contributed by atoms with E-state index in [-0.39, 0.29) is 11.9 Å². The van der Waals surface area contributed by atoms with Crippen molar-refractivity contribution in [3.8, 4) is 28.1 Å². The fourth-order valence-corrected chi connectivity index (χ4v) is 4.78. The van der Waals surface area contributed by atoms with Crippen LogP contribution in [0.25, 0.3) is 28.0 Å². The molecule has 6 heteroatoms. The van der Waals surface area contributed by atoms with Crippen LogP contribution in [0.1, 0.15) is 30.6 Å². The minimum absolute atomic E-state index is 0.00533. The number of aryl methyl sites for hydroxylation is 1. The van der Waals surface area contributed by atoms with Crippen molar-refractivity contribution >= 4 is 23.2 Å². The molecule has 186 valence electrons. The van der Waals surface area contributed by atoms with Gasteiger partial charge in [0.05, 0.1) is 24.5 Å². The lowest BCUT2D eigenvalue weighted by Crippen LogP contribution is -2.26. The van der Waals surface area contributed by atoms with Gasteiger partial charge in [0.2, 0.25) is 5.91 Å². The Bertz CT molecular complexity index is 1530. The maximum atomic E-state index is 12.9. The van der Waals surface area contributed by atoms with E-state index in [4.69, 9.17) is 21.3 Å². The highest BCUT2D eigenvalue weighted by Gasteiger charge is 2.18. The summed E-state index contributed by atoms with van der Waals surface area (Å²) in [7, 11) is 1.65. The Labute approximate surface area is 221 Å². The predicted octanol–water partition coefficient (Wildman–Crippen LogP) is 7.14. The predicted molar refractivity (Wildman–Crippen MR) is 149 cm³/mol. The normalized spacial score (nSPS) is 11.9. The first-order valence-electron chi connectivity index (χ1n) is 12.3. The molecule has 5 rings (SSSR count). The molecule has 2 heterocycles. The molecule has 3 aromatic carbocycles. The highest BCUT2D eigenvalue weighted by atomic mass is 35.5. The average Bonchev–Trinajstić information content (AvgIpc) is 3.30. The van der Waals surface area contributed by atoms with Gasteiger partial charge in [0.1, 0.15) is 11.4 Å². The molecule has 5 aromatic rings. The van der Waals surface area contributed by atoms with Crippen molar-refractivity contribution in [2.45, 2.75) is 25.8 Å². The topological polar surface area (TPSA) is 55.6 Å². The van der Waals surface area contributed by atoms with Crippen LogP contribution in [0.15, 0.2) is 97.2 Å². The first-order valence-corrected chi connectivity index (χ1v) is 12.7. The molecule has 0 saturated carbocycles. The first kappa shape index (κ1) is 24.6. The van der Waals surface area contributed by atoms with E-state index in [9.17, 15) is 4.79 Å². The molecule has 0 aliphatic heterocycles. The second kappa shape index (κ2) is 10.9. The van der Waals surface area contributed by atoms with E-state index in [0.29, 0.717) is 17.9 Å². The third-order valence-electron chi connectivity index (χ3n) is 6.53. The Morgan fingerprint density at radius 1 is 0.946 bits per heavy atom. The summed E-state index contributed by atoms with van der Waals surface area (Å²) in [4.78, 5) is 17.9. The molecule has 2 aromatic heterocycles. The average molecular weight is 510 g/mol. The van der Waals surface area contributed by atoms with Gasteiger partial charge in [-0.05, 0) is 66.9 Å². The molecule has 0 saturated heterocycles. The van der Waals surface area contributed by atoms with Crippen LogP contribution >= 0.6 is 11.6 Å². The lowest BCUT2D eigenvalue weighted by Gasteiger charge is -2.14. The Morgan fingerprint density at radius 2 is 1.65 bits per heavy atom. The number of carbonyl (C=O) groups is 1. The van der Waals surface area contributed by atoms with Gasteiger partial charge in [0.15, 0.2) is 0 Å². The maximum Gasteiger partial charge on any atom is 0.220 e. The molecule has 1 amide bonds. The van der Waals surface area contributed by atoms with Crippen LogP contribution in [0.4, 0.5) is 0 Å². The number of fused-ring (bicyclic) bond motifs is 1. The van der Waals surface area contributed by atoms with Crippen molar-refractivity contribution in [3.05, 3.63) is 113 Å². The van der Waals surface area contributed by atoms with Crippen molar-refractivity contribution < 1.29 is 9.53 Å². The molecular formula is C31H28ClN3O2.